The fraction of sp³-hybridized carbons (Fsp3) is 0.143. The normalized spacial score (nSPS) is 11.7. The SMILES string of the molecule is CNC(=O)c1[nH]nc2c(F)c(-c3c(F)cnc(CS(=O)(=O)c4cc(F)cnc4C)c3F)ccc12. The summed E-state index contributed by atoms with van der Waals surface area (Å²) in [5, 5.41) is 8.50. The second kappa shape index (κ2) is 8.48. The van der Waals surface area contributed by atoms with Gasteiger partial charge in [-0.25, -0.2) is 26.0 Å². The average Bonchev–Trinajstić information content (AvgIpc) is 3.23. The number of fused-ring (bicyclic) bond motifs is 1. The van der Waals surface area contributed by atoms with Gasteiger partial charge in [-0.05, 0) is 19.1 Å². The highest BCUT2D eigenvalue weighted by Gasteiger charge is 2.27. The number of pyridine rings is 2. The number of aromatic amines is 1. The van der Waals surface area contributed by atoms with Crippen LogP contribution in [0.15, 0.2) is 35.5 Å². The van der Waals surface area contributed by atoms with E-state index in [1.54, 1.807) is 0 Å². The molecular weight excluding hydrogens is 478 g/mol. The number of hydrogen-bond donors (Lipinski definition) is 2. The number of amides is 1. The lowest BCUT2D eigenvalue weighted by Gasteiger charge is -2.12. The molecule has 3 aromatic heterocycles. The van der Waals surface area contributed by atoms with E-state index < -0.39 is 66.5 Å². The molecule has 2 N–H and O–H groups in total. The fourth-order valence-electron chi connectivity index (χ4n) is 3.45. The average molecular weight is 493 g/mol. The molecule has 13 heteroatoms. The van der Waals surface area contributed by atoms with Gasteiger partial charge in [0.1, 0.15) is 22.8 Å². The van der Waals surface area contributed by atoms with Gasteiger partial charge >= 0.3 is 0 Å². The molecule has 0 atom stereocenters. The molecule has 0 radical (unpaired) electrons. The molecule has 4 rings (SSSR count). The molecule has 1 amide bonds. The second-order valence-corrected chi connectivity index (χ2v) is 9.20. The van der Waals surface area contributed by atoms with Gasteiger partial charge in [0.25, 0.3) is 5.91 Å². The van der Waals surface area contributed by atoms with Crippen molar-refractivity contribution in [1.82, 2.24) is 25.5 Å². The van der Waals surface area contributed by atoms with Gasteiger partial charge in [-0.3, -0.25) is 19.9 Å². The topological polar surface area (TPSA) is 118 Å². The third-order valence-corrected chi connectivity index (χ3v) is 6.84. The number of halogens is 4. The van der Waals surface area contributed by atoms with Gasteiger partial charge in [-0.1, -0.05) is 6.07 Å². The third-order valence-electron chi connectivity index (χ3n) is 5.10. The van der Waals surface area contributed by atoms with Crippen molar-refractivity contribution in [3.8, 4) is 11.1 Å². The minimum Gasteiger partial charge on any atom is -0.354 e. The van der Waals surface area contributed by atoms with Crippen LogP contribution in [-0.4, -0.2) is 41.5 Å². The number of rotatable bonds is 5. The second-order valence-electron chi connectivity index (χ2n) is 7.24. The Labute approximate surface area is 190 Å². The zero-order valence-electron chi connectivity index (χ0n) is 17.6. The number of nitrogens with one attached hydrogen (secondary N) is 2. The van der Waals surface area contributed by atoms with Crippen LogP contribution >= 0.6 is 0 Å². The molecule has 3 heterocycles. The summed E-state index contributed by atoms with van der Waals surface area (Å²) < 4.78 is 84.1. The van der Waals surface area contributed by atoms with Crippen molar-refractivity contribution in [3.05, 3.63) is 70.9 Å². The number of hydrogen-bond acceptors (Lipinski definition) is 6. The molecule has 0 saturated heterocycles. The lowest BCUT2D eigenvalue weighted by molar-refractivity contribution is 0.0959. The van der Waals surface area contributed by atoms with Crippen molar-refractivity contribution in [2.45, 2.75) is 17.6 Å². The van der Waals surface area contributed by atoms with Crippen molar-refractivity contribution in [2.24, 2.45) is 0 Å². The van der Waals surface area contributed by atoms with Gasteiger partial charge in [0.15, 0.2) is 27.3 Å². The standard InChI is InChI=1S/C21H15F4N5O3S/c1-9-15(5-10(22)6-27-9)34(32,33)8-14-18(25)16(13(23)7-28-14)11-3-4-12-19(17(11)24)29-30-20(12)21(31)26-2/h3-7H,8H2,1-2H3,(H,26,31)(H,29,30). The first-order valence-electron chi connectivity index (χ1n) is 9.62. The molecule has 8 nitrogen and oxygen atoms in total. The Morgan fingerprint density at radius 1 is 1.09 bits per heavy atom. The van der Waals surface area contributed by atoms with E-state index >= 15 is 8.78 Å². The summed E-state index contributed by atoms with van der Waals surface area (Å²) in [6.45, 7) is 1.33. The van der Waals surface area contributed by atoms with Crippen LogP contribution in [0.1, 0.15) is 21.9 Å². The van der Waals surface area contributed by atoms with E-state index in [1.807, 2.05) is 0 Å². The number of sulfone groups is 1. The number of aryl methyl sites for hydroxylation is 1. The maximum absolute atomic E-state index is 15.3. The Bertz CT molecular complexity index is 1570. The van der Waals surface area contributed by atoms with Gasteiger partial charge in [0.2, 0.25) is 0 Å². The van der Waals surface area contributed by atoms with E-state index in [1.165, 1.54) is 20.0 Å². The van der Waals surface area contributed by atoms with Crippen LogP contribution in [-0.2, 0) is 15.6 Å². The summed E-state index contributed by atoms with van der Waals surface area (Å²) in [5.74, 6) is -6.33. The van der Waals surface area contributed by atoms with E-state index in [0.717, 1.165) is 18.3 Å². The number of H-pyrrole nitrogens is 1. The summed E-state index contributed by atoms with van der Waals surface area (Å²) in [5.41, 5.74) is -2.54. The molecular formula is C21H15F4N5O3S. The third kappa shape index (κ3) is 3.87. The highest BCUT2D eigenvalue weighted by Crippen LogP contribution is 2.34. The van der Waals surface area contributed by atoms with Crippen LogP contribution in [0, 0.1) is 30.2 Å². The van der Waals surface area contributed by atoms with Crippen LogP contribution in [0.2, 0.25) is 0 Å². The summed E-state index contributed by atoms with van der Waals surface area (Å²) in [7, 11) is -2.98. The molecule has 0 fully saturated rings. The van der Waals surface area contributed by atoms with Gasteiger partial charge in [0.05, 0.1) is 34.2 Å². The molecule has 0 unspecified atom stereocenters. The predicted molar refractivity (Wildman–Crippen MR) is 112 cm³/mol. The Balaban J connectivity index is 1.83. The van der Waals surface area contributed by atoms with E-state index in [4.69, 9.17) is 0 Å². The maximum atomic E-state index is 15.3. The molecule has 1 aromatic carbocycles. The summed E-state index contributed by atoms with van der Waals surface area (Å²) in [4.78, 5) is 18.6. The number of nitrogens with zero attached hydrogens (tertiary/aromatic N) is 3. The number of carbonyl (C=O) groups excluding carboxylic acids is 1. The zero-order valence-corrected chi connectivity index (χ0v) is 18.4. The van der Waals surface area contributed by atoms with Crippen LogP contribution in [0.25, 0.3) is 22.0 Å². The lowest BCUT2D eigenvalue weighted by atomic mass is 10.0. The predicted octanol–water partition coefficient (Wildman–Crippen LogP) is 3.22. The molecule has 0 aliphatic heterocycles. The number of carbonyl (C=O) groups is 1. The molecule has 0 spiro atoms. The molecule has 0 saturated carbocycles. The highest BCUT2D eigenvalue weighted by molar-refractivity contribution is 7.90. The Hall–Kier alpha value is -3.87. The van der Waals surface area contributed by atoms with Crippen LogP contribution in [0.5, 0.6) is 0 Å². The zero-order chi connectivity index (χ0) is 24.8. The van der Waals surface area contributed by atoms with Crippen molar-refractivity contribution < 1.29 is 30.8 Å². The Kier molecular flexibility index (Phi) is 5.81. The molecule has 4 aromatic rings. The molecule has 0 aliphatic rings. The minimum absolute atomic E-state index is 0.0221. The largest absolute Gasteiger partial charge is 0.354 e. The van der Waals surface area contributed by atoms with E-state index in [0.29, 0.717) is 6.20 Å². The first-order chi connectivity index (χ1) is 16.0. The quantitative estimate of drug-likeness (QED) is 0.413. The van der Waals surface area contributed by atoms with E-state index in [2.05, 4.69) is 25.5 Å². The molecule has 0 aliphatic carbocycles. The highest BCUT2D eigenvalue weighted by atomic mass is 32.2. The van der Waals surface area contributed by atoms with Crippen molar-refractivity contribution in [1.29, 1.82) is 0 Å². The van der Waals surface area contributed by atoms with Gasteiger partial charge in [-0.15, -0.1) is 0 Å². The van der Waals surface area contributed by atoms with Crippen molar-refractivity contribution in [3.63, 3.8) is 0 Å². The summed E-state index contributed by atoms with van der Waals surface area (Å²) in [6, 6.07) is 3.02. The monoisotopic (exact) mass is 493 g/mol. The van der Waals surface area contributed by atoms with Crippen LogP contribution in [0.3, 0.4) is 0 Å². The Morgan fingerprint density at radius 3 is 2.53 bits per heavy atom. The molecule has 176 valence electrons. The number of aromatic nitrogens is 4. The van der Waals surface area contributed by atoms with Crippen molar-refractivity contribution in [2.75, 3.05) is 7.05 Å². The van der Waals surface area contributed by atoms with Gasteiger partial charge in [0, 0.05) is 18.0 Å². The van der Waals surface area contributed by atoms with Gasteiger partial charge < -0.3 is 5.32 Å². The van der Waals surface area contributed by atoms with Gasteiger partial charge in [-0.2, -0.15) is 5.10 Å². The first-order valence-corrected chi connectivity index (χ1v) is 11.3. The maximum Gasteiger partial charge on any atom is 0.269 e. The summed E-state index contributed by atoms with van der Waals surface area (Å²) in [6.07, 6.45) is 1.39. The first kappa shape index (κ1) is 23.3. The minimum atomic E-state index is -4.34. The van der Waals surface area contributed by atoms with E-state index in [9.17, 15) is 22.0 Å². The van der Waals surface area contributed by atoms with Crippen LogP contribution in [0.4, 0.5) is 17.6 Å². The van der Waals surface area contributed by atoms with Crippen molar-refractivity contribution >= 4 is 26.6 Å². The lowest BCUT2D eigenvalue weighted by Crippen LogP contribution is -2.18. The summed E-state index contributed by atoms with van der Waals surface area (Å²) >= 11 is 0. The Morgan fingerprint density at radius 2 is 1.82 bits per heavy atom. The van der Waals surface area contributed by atoms with Crippen LogP contribution < -0.4 is 5.32 Å². The molecule has 34 heavy (non-hydrogen) atoms. The van der Waals surface area contributed by atoms with E-state index in [-0.39, 0.29) is 22.3 Å². The number of benzene rings is 1. The smallest absolute Gasteiger partial charge is 0.269 e. The fourth-order valence-corrected chi connectivity index (χ4v) is 4.96. The molecule has 0 bridgehead atoms.